The Balaban J connectivity index is 2.73. The Hall–Kier alpha value is -1.75. The maximum atomic E-state index is 12.8. The zero-order chi connectivity index (χ0) is 20.8. The minimum absolute atomic E-state index is 0.00802. The van der Waals surface area contributed by atoms with Gasteiger partial charge in [-0.15, -0.1) is 11.8 Å². The van der Waals surface area contributed by atoms with Crippen LogP contribution in [0.3, 0.4) is 0 Å². The minimum atomic E-state index is -0.511. The standard InChI is InChI=1S/C23H35NO3S/c1-5-6-7-8-9-13-16-21(25)22(19(2)3)24(18-28-4)23(26)27-17-20-14-11-10-12-15-20/h10-16,19,22H,5-9,17-18H2,1-4H3/b16-13+/t22-/m0/s1. The van der Waals surface area contributed by atoms with Gasteiger partial charge in [-0.25, -0.2) is 4.79 Å². The fourth-order valence-corrected chi connectivity index (χ4v) is 3.56. The van der Waals surface area contributed by atoms with Gasteiger partial charge in [0.25, 0.3) is 0 Å². The van der Waals surface area contributed by atoms with E-state index in [1.165, 1.54) is 31.0 Å². The Bertz CT molecular complexity index is 601. The molecule has 0 aliphatic heterocycles. The van der Waals surface area contributed by atoms with Gasteiger partial charge in [0.05, 0.1) is 5.88 Å². The van der Waals surface area contributed by atoms with Crippen LogP contribution >= 0.6 is 11.8 Å². The lowest BCUT2D eigenvalue weighted by atomic mass is 9.98. The molecule has 0 unspecified atom stereocenters. The lowest BCUT2D eigenvalue weighted by Crippen LogP contribution is -2.47. The smallest absolute Gasteiger partial charge is 0.411 e. The van der Waals surface area contributed by atoms with Gasteiger partial charge in [-0.3, -0.25) is 9.69 Å². The van der Waals surface area contributed by atoms with Gasteiger partial charge < -0.3 is 4.74 Å². The number of nitrogens with zero attached hydrogens (tertiary/aromatic N) is 1. The van der Waals surface area contributed by atoms with Gasteiger partial charge in [-0.1, -0.05) is 76.4 Å². The zero-order valence-corrected chi connectivity index (χ0v) is 18.5. The monoisotopic (exact) mass is 405 g/mol. The van der Waals surface area contributed by atoms with Crippen molar-refractivity contribution in [1.82, 2.24) is 4.90 Å². The number of hydrogen-bond acceptors (Lipinski definition) is 4. The second-order valence-electron chi connectivity index (χ2n) is 7.27. The molecule has 0 heterocycles. The van der Waals surface area contributed by atoms with Crippen molar-refractivity contribution in [3.63, 3.8) is 0 Å². The maximum absolute atomic E-state index is 12.8. The van der Waals surface area contributed by atoms with Crippen LogP contribution in [0.15, 0.2) is 42.5 Å². The number of unbranched alkanes of at least 4 members (excludes halogenated alkanes) is 4. The Kier molecular flexibility index (Phi) is 12.4. The summed E-state index contributed by atoms with van der Waals surface area (Å²) in [5.74, 6) is 0.400. The predicted octanol–water partition coefficient (Wildman–Crippen LogP) is 6.07. The van der Waals surface area contributed by atoms with Crippen LogP contribution in [0, 0.1) is 5.92 Å². The van der Waals surface area contributed by atoms with E-state index in [-0.39, 0.29) is 18.3 Å². The number of carbonyl (C=O) groups excluding carboxylic acids is 2. The number of allylic oxidation sites excluding steroid dienone is 1. The molecule has 0 bridgehead atoms. The Labute approximate surface area is 174 Å². The molecule has 28 heavy (non-hydrogen) atoms. The van der Waals surface area contributed by atoms with E-state index in [2.05, 4.69) is 6.92 Å². The molecule has 0 saturated heterocycles. The van der Waals surface area contributed by atoms with Gasteiger partial charge >= 0.3 is 6.09 Å². The van der Waals surface area contributed by atoms with Crippen LogP contribution < -0.4 is 0 Å². The number of ether oxygens (including phenoxy) is 1. The lowest BCUT2D eigenvalue weighted by Gasteiger charge is -2.31. The number of hydrogen-bond donors (Lipinski definition) is 0. The van der Waals surface area contributed by atoms with Gasteiger partial charge in [-0.05, 0) is 36.7 Å². The van der Waals surface area contributed by atoms with Crippen LogP contribution in [-0.2, 0) is 16.1 Å². The highest BCUT2D eigenvalue weighted by Gasteiger charge is 2.31. The van der Waals surface area contributed by atoms with E-state index in [1.54, 1.807) is 11.0 Å². The normalized spacial score (nSPS) is 12.3. The number of amides is 1. The summed E-state index contributed by atoms with van der Waals surface area (Å²) >= 11 is 1.51. The molecule has 1 aromatic rings. The largest absolute Gasteiger partial charge is 0.445 e. The van der Waals surface area contributed by atoms with E-state index >= 15 is 0 Å². The number of ketones is 1. The van der Waals surface area contributed by atoms with E-state index in [1.807, 2.05) is 56.5 Å². The SMILES string of the molecule is CCCCCC/C=C/C(=O)[C@H](C(C)C)N(CSC)C(=O)OCc1ccccc1. The van der Waals surface area contributed by atoms with Gasteiger partial charge in [0.15, 0.2) is 5.78 Å². The van der Waals surface area contributed by atoms with Crippen molar-refractivity contribution in [1.29, 1.82) is 0 Å². The predicted molar refractivity (Wildman–Crippen MR) is 118 cm³/mol. The average Bonchev–Trinajstić information content (AvgIpc) is 2.69. The Morgan fingerprint density at radius 2 is 1.86 bits per heavy atom. The second kappa shape index (κ2) is 14.3. The molecule has 0 aliphatic carbocycles. The molecule has 1 atom stereocenters. The molecule has 1 rings (SSSR count). The molecule has 0 N–H and O–H groups in total. The first kappa shape index (κ1) is 24.3. The van der Waals surface area contributed by atoms with Crippen molar-refractivity contribution in [3.05, 3.63) is 48.0 Å². The molecule has 156 valence electrons. The molecule has 5 heteroatoms. The molecular formula is C23H35NO3S. The third-order valence-corrected chi connectivity index (χ3v) is 5.01. The number of thioether (sulfide) groups is 1. The first-order valence-corrected chi connectivity index (χ1v) is 11.6. The molecule has 0 saturated carbocycles. The van der Waals surface area contributed by atoms with Crippen LogP contribution in [0.4, 0.5) is 4.79 Å². The quantitative estimate of drug-likeness (QED) is 0.227. The van der Waals surface area contributed by atoms with E-state index in [0.29, 0.717) is 5.88 Å². The summed E-state index contributed by atoms with van der Waals surface area (Å²) in [5.41, 5.74) is 0.930. The average molecular weight is 406 g/mol. The van der Waals surface area contributed by atoms with Crippen molar-refractivity contribution >= 4 is 23.6 Å². The molecule has 0 spiro atoms. The number of benzene rings is 1. The molecule has 1 amide bonds. The van der Waals surface area contributed by atoms with Crippen molar-refractivity contribution < 1.29 is 14.3 Å². The highest BCUT2D eigenvalue weighted by atomic mass is 32.2. The highest BCUT2D eigenvalue weighted by Crippen LogP contribution is 2.18. The summed E-state index contributed by atoms with van der Waals surface area (Å²) < 4.78 is 5.49. The molecule has 0 aromatic heterocycles. The van der Waals surface area contributed by atoms with Gasteiger partial charge in [0.1, 0.15) is 12.6 Å². The molecule has 0 radical (unpaired) electrons. The van der Waals surface area contributed by atoms with Gasteiger partial charge in [-0.2, -0.15) is 0 Å². The first-order chi connectivity index (χ1) is 13.5. The molecule has 4 nitrogen and oxygen atoms in total. The van der Waals surface area contributed by atoms with Crippen LogP contribution in [0.1, 0.15) is 58.4 Å². The van der Waals surface area contributed by atoms with Crippen molar-refractivity contribution in [2.45, 2.75) is 65.5 Å². The lowest BCUT2D eigenvalue weighted by molar-refractivity contribution is -0.120. The topological polar surface area (TPSA) is 46.6 Å². The second-order valence-corrected chi connectivity index (χ2v) is 8.11. The Morgan fingerprint density at radius 1 is 1.14 bits per heavy atom. The van der Waals surface area contributed by atoms with Crippen LogP contribution in [0.5, 0.6) is 0 Å². The van der Waals surface area contributed by atoms with E-state index < -0.39 is 12.1 Å². The molecule has 1 aromatic carbocycles. The summed E-state index contributed by atoms with van der Waals surface area (Å²) in [6.07, 6.45) is 10.7. The summed E-state index contributed by atoms with van der Waals surface area (Å²) in [7, 11) is 0. The molecule has 0 fully saturated rings. The number of carbonyl (C=O) groups is 2. The number of rotatable bonds is 13. The minimum Gasteiger partial charge on any atom is -0.445 e. The summed E-state index contributed by atoms with van der Waals surface area (Å²) in [6, 6.07) is 9.07. The van der Waals surface area contributed by atoms with Crippen LogP contribution in [0.2, 0.25) is 0 Å². The van der Waals surface area contributed by atoms with E-state index in [9.17, 15) is 9.59 Å². The van der Waals surface area contributed by atoms with E-state index in [4.69, 9.17) is 4.74 Å². The first-order valence-electron chi connectivity index (χ1n) is 10.2. The fraction of sp³-hybridized carbons (Fsp3) is 0.565. The third-order valence-electron chi connectivity index (χ3n) is 4.47. The fourth-order valence-electron chi connectivity index (χ4n) is 3.02. The van der Waals surface area contributed by atoms with Crippen molar-refractivity contribution in [3.8, 4) is 0 Å². The molecular weight excluding hydrogens is 370 g/mol. The summed E-state index contributed by atoms with van der Waals surface area (Å²) in [5, 5.41) is 0. The van der Waals surface area contributed by atoms with Crippen molar-refractivity contribution in [2.24, 2.45) is 5.92 Å². The van der Waals surface area contributed by atoms with Crippen LogP contribution in [0.25, 0.3) is 0 Å². The van der Waals surface area contributed by atoms with E-state index in [0.717, 1.165) is 18.4 Å². The third kappa shape index (κ3) is 8.96. The Morgan fingerprint density at radius 3 is 2.46 bits per heavy atom. The summed E-state index contributed by atoms with van der Waals surface area (Å²) in [6.45, 7) is 6.32. The zero-order valence-electron chi connectivity index (χ0n) is 17.7. The highest BCUT2D eigenvalue weighted by molar-refractivity contribution is 7.98. The van der Waals surface area contributed by atoms with Crippen molar-refractivity contribution in [2.75, 3.05) is 12.1 Å². The molecule has 0 aliphatic rings. The van der Waals surface area contributed by atoms with Crippen LogP contribution in [-0.4, -0.2) is 35.0 Å². The van der Waals surface area contributed by atoms with Gasteiger partial charge in [0.2, 0.25) is 0 Å². The van der Waals surface area contributed by atoms with Gasteiger partial charge in [0, 0.05) is 0 Å². The summed E-state index contributed by atoms with van der Waals surface area (Å²) in [4.78, 5) is 27.1. The maximum Gasteiger partial charge on any atom is 0.411 e.